The van der Waals surface area contributed by atoms with Gasteiger partial charge in [-0.25, -0.2) is 0 Å². The highest BCUT2D eigenvalue weighted by Gasteiger charge is 2.23. The highest BCUT2D eigenvalue weighted by Crippen LogP contribution is 2.13. The minimum absolute atomic E-state index is 0.231. The second-order valence-electron chi connectivity index (χ2n) is 2.28. The molecular weight excluding hydrogens is 118 g/mol. The molecule has 1 aliphatic heterocycles. The van der Waals surface area contributed by atoms with E-state index in [-0.39, 0.29) is 12.2 Å². The van der Waals surface area contributed by atoms with E-state index in [4.69, 9.17) is 15.2 Å². The molecular formula is C6H13NO2. The first-order chi connectivity index (χ1) is 4.36. The van der Waals surface area contributed by atoms with Crippen molar-refractivity contribution in [1.29, 1.82) is 0 Å². The highest BCUT2D eigenvalue weighted by molar-refractivity contribution is 4.73. The van der Waals surface area contributed by atoms with Crippen LogP contribution < -0.4 is 5.73 Å². The summed E-state index contributed by atoms with van der Waals surface area (Å²) in [6.45, 7) is 1.32. The third-order valence-corrected chi connectivity index (χ3v) is 1.64. The summed E-state index contributed by atoms with van der Waals surface area (Å²) in [5.41, 5.74) is 5.37. The maximum Gasteiger partial charge on any atom is 0.0830 e. The van der Waals surface area contributed by atoms with Crippen molar-refractivity contribution in [1.82, 2.24) is 0 Å². The van der Waals surface area contributed by atoms with Gasteiger partial charge in [0, 0.05) is 20.1 Å². The van der Waals surface area contributed by atoms with Gasteiger partial charge in [0.2, 0.25) is 0 Å². The number of rotatable bonds is 2. The van der Waals surface area contributed by atoms with E-state index in [1.807, 2.05) is 0 Å². The zero-order valence-electron chi connectivity index (χ0n) is 5.67. The molecule has 0 amide bonds. The van der Waals surface area contributed by atoms with Gasteiger partial charge in [0.05, 0.1) is 18.8 Å². The Kier molecular flexibility index (Phi) is 2.45. The van der Waals surface area contributed by atoms with Crippen molar-refractivity contribution in [3.8, 4) is 0 Å². The molecule has 0 bridgehead atoms. The summed E-state index contributed by atoms with van der Waals surface area (Å²) in [4.78, 5) is 0. The molecule has 3 heteroatoms. The first-order valence-electron chi connectivity index (χ1n) is 3.21. The number of hydrogen-bond acceptors (Lipinski definition) is 3. The van der Waals surface area contributed by atoms with Gasteiger partial charge in [-0.3, -0.25) is 0 Å². The zero-order chi connectivity index (χ0) is 6.69. The van der Waals surface area contributed by atoms with E-state index in [0.29, 0.717) is 13.2 Å². The average Bonchev–Trinajstić information content (AvgIpc) is 2.34. The lowest BCUT2D eigenvalue weighted by molar-refractivity contribution is 0.0689. The predicted molar refractivity (Wildman–Crippen MR) is 34.2 cm³/mol. The summed E-state index contributed by atoms with van der Waals surface area (Å²) < 4.78 is 10.3. The molecule has 0 aromatic carbocycles. The molecule has 0 aromatic heterocycles. The zero-order valence-corrected chi connectivity index (χ0v) is 5.67. The smallest absolute Gasteiger partial charge is 0.0830 e. The summed E-state index contributed by atoms with van der Waals surface area (Å²) in [5.74, 6) is 0. The molecule has 0 spiro atoms. The largest absolute Gasteiger partial charge is 0.379 e. The lowest BCUT2D eigenvalue weighted by atomic mass is 10.2. The lowest BCUT2D eigenvalue weighted by Gasteiger charge is -2.03. The first-order valence-corrected chi connectivity index (χ1v) is 3.21. The quantitative estimate of drug-likeness (QED) is 0.562. The van der Waals surface area contributed by atoms with Crippen LogP contribution in [0.5, 0.6) is 0 Å². The van der Waals surface area contributed by atoms with Gasteiger partial charge in [-0.05, 0) is 0 Å². The van der Waals surface area contributed by atoms with E-state index in [2.05, 4.69) is 0 Å². The molecule has 0 aliphatic carbocycles. The van der Waals surface area contributed by atoms with Gasteiger partial charge in [-0.2, -0.15) is 0 Å². The molecule has 9 heavy (non-hydrogen) atoms. The molecule has 1 aliphatic rings. The van der Waals surface area contributed by atoms with Crippen LogP contribution in [0.2, 0.25) is 0 Å². The molecule has 0 unspecified atom stereocenters. The Hall–Kier alpha value is -0.120. The van der Waals surface area contributed by atoms with Gasteiger partial charge >= 0.3 is 0 Å². The Morgan fingerprint density at radius 2 is 2.56 bits per heavy atom. The number of ether oxygens (including phenoxy) is 2. The van der Waals surface area contributed by atoms with Crippen LogP contribution >= 0.6 is 0 Å². The van der Waals surface area contributed by atoms with Crippen molar-refractivity contribution in [2.24, 2.45) is 5.73 Å². The normalized spacial score (nSPS) is 35.3. The Morgan fingerprint density at radius 3 is 2.89 bits per heavy atom. The molecule has 1 fully saturated rings. The molecule has 1 saturated heterocycles. The van der Waals surface area contributed by atoms with E-state index >= 15 is 0 Å². The average molecular weight is 131 g/mol. The van der Waals surface area contributed by atoms with Crippen molar-refractivity contribution in [2.75, 3.05) is 20.3 Å². The summed E-state index contributed by atoms with van der Waals surface area (Å²) >= 11 is 0. The standard InChI is InChI=1S/C6H13NO2/c1-8-6-2-5(3-7)9-4-6/h5-6H,2-4,7H2,1H3/t5-,6-/m0/s1. The number of nitrogens with two attached hydrogens (primary N) is 1. The maximum absolute atomic E-state index is 5.37. The Labute approximate surface area is 55.1 Å². The van der Waals surface area contributed by atoms with Crippen LogP contribution in [0.25, 0.3) is 0 Å². The van der Waals surface area contributed by atoms with Crippen molar-refractivity contribution in [3.05, 3.63) is 0 Å². The minimum atomic E-state index is 0.231. The molecule has 1 heterocycles. The summed E-state index contributed by atoms with van der Waals surface area (Å²) in [6, 6.07) is 0. The third kappa shape index (κ3) is 1.64. The fraction of sp³-hybridized carbons (Fsp3) is 1.00. The van der Waals surface area contributed by atoms with Gasteiger partial charge < -0.3 is 15.2 Å². The van der Waals surface area contributed by atoms with E-state index in [9.17, 15) is 0 Å². The Bertz CT molecular complexity index is 77.1. The van der Waals surface area contributed by atoms with Crippen molar-refractivity contribution in [2.45, 2.75) is 18.6 Å². The van der Waals surface area contributed by atoms with Crippen LogP contribution in [0.3, 0.4) is 0 Å². The van der Waals surface area contributed by atoms with Gasteiger partial charge in [0.25, 0.3) is 0 Å². The lowest BCUT2D eigenvalue weighted by Crippen LogP contribution is -2.19. The van der Waals surface area contributed by atoms with Crippen LogP contribution in [-0.2, 0) is 9.47 Å². The minimum Gasteiger partial charge on any atom is -0.379 e. The van der Waals surface area contributed by atoms with Crippen molar-refractivity contribution in [3.63, 3.8) is 0 Å². The second kappa shape index (κ2) is 3.15. The number of methoxy groups -OCH3 is 1. The van der Waals surface area contributed by atoms with Crippen molar-refractivity contribution >= 4 is 0 Å². The predicted octanol–water partition coefficient (Wildman–Crippen LogP) is -0.251. The highest BCUT2D eigenvalue weighted by atomic mass is 16.5. The van der Waals surface area contributed by atoms with E-state index in [1.165, 1.54) is 0 Å². The molecule has 2 atom stereocenters. The van der Waals surface area contributed by atoms with Crippen LogP contribution in [0, 0.1) is 0 Å². The van der Waals surface area contributed by atoms with Crippen LogP contribution in [0.15, 0.2) is 0 Å². The second-order valence-corrected chi connectivity index (χ2v) is 2.28. The third-order valence-electron chi connectivity index (χ3n) is 1.64. The maximum atomic E-state index is 5.37. The van der Waals surface area contributed by atoms with Gasteiger partial charge in [0.1, 0.15) is 0 Å². The van der Waals surface area contributed by atoms with Gasteiger partial charge in [-0.15, -0.1) is 0 Å². The fourth-order valence-corrected chi connectivity index (χ4v) is 1.00. The molecule has 54 valence electrons. The molecule has 3 nitrogen and oxygen atoms in total. The molecule has 1 rings (SSSR count). The van der Waals surface area contributed by atoms with E-state index in [1.54, 1.807) is 7.11 Å². The first kappa shape index (κ1) is 6.99. The summed E-state index contributed by atoms with van der Waals surface area (Å²) in [6.07, 6.45) is 1.46. The monoisotopic (exact) mass is 131 g/mol. The number of hydrogen-bond donors (Lipinski definition) is 1. The fourth-order valence-electron chi connectivity index (χ4n) is 1.00. The van der Waals surface area contributed by atoms with Crippen LogP contribution in [-0.4, -0.2) is 32.5 Å². The van der Waals surface area contributed by atoms with E-state index < -0.39 is 0 Å². The summed E-state index contributed by atoms with van der Waals surface area (Å²) in [5, 5.41) is 0. The van der Waals surface area contributed by atoms with Gasteiger partial charge in [-0.1, -0.05) is 0 Å². The molecule has 0 saturated carbocycles. The topological polar surface area (TPSA) is 44.5 Å². The van der Waals surface area contributed by atoms with Crippen molar-refractivity contribution < 1.29 is 9.47 Å². The SMILES string of the molecule is CO[C@@H]1CO[C@H](CN)C1. The van der Waals surface area contributed by atoms with Crippen LogP contribution in [0.4, 0.5) is 0 Å². The van der Waals surface area contributed by atoms with Gasteiger partial charge in [0.15, 0.2) is 0 Å². The molecule has 0 radical (unpaired) electrons. The Morgan fingerprint density at radius 1 is 1.78 bits per heavy atom. The summed E-state index contributed by atoms with van der Waals surface area (Å²) in [7, 11) is 1.70. The van der Waals surface area contributed by atoms with Crippen LogP contribution in [0.1, 0.15) is 6.42 Å². The Balaban J connectivity index is 2.20. The molecule has 0 aromatic rings. The molecule has 2 N–H and O–H groups in total. The van der Waals surface area contributed by atoms with E-state index in [0.717, 1.165) is 6.42 Å².